The minimum Gasteiger partial charge on any atom is -0.538 e. The Morgan fingerprint density at radius 1 is 1.17 bits per heavy atom. The molecular formula is C12H20BNO3S-. The van der Waals surface area contributed by atoms with Crippen molar-refractivity contribution in [2.45, 2.75) is 59.5 Å². The first-order valence-electron chi connectivity index (χ1n) is 5.99. The van der Waals surface area contributed by atoms with Crippen molar-refractivity contribution < 1.29 is 14.2 Å². The van der Waals surface area contributed by atoms with Gasteiger partial charge in [0.15, 0.2) is 0 Å². The first-order chi connectivity index (χ1) is 8.19. The lowest BCUT2D eigenvalue weighted by atomic mass is 10.2. The highest BCUT2D eigenvalue weighted by Gasteiger charge is 2.25. The summed E-state index contributed by atoms with van der Waals surface area (Å²) in [5, 5.41) is 0.586. The Balaban J connectivity index is 2.82. The molecule has 0 atom stereocenters. The molecule has 1 aromatic rings. The monoisotopic (exact) mass is 269 g/mol. The molecule has 101 valence electrons. The average molecular weight is 269 g/mol. The third-order valence-electron chi connectivity index (χ3n) is 1.79. The van der Waals surface area contributed by atoms with Gasteiger partial charge >= 0.3 is 0 Å². The van der Waals surface area contributed by atoms with Gasteiger partial charge < -0.3 is 22.1 Å². The molecule has 4 nitrogen and oxygen atoms in total. The summed E-state index contributed by atoms with van der Waals surface area (Å²) in [7, 11) is 5.68. The van der Waals surface area contributed by atoms with Gasteiger partial charge in [-0.05, 0) is 27.7 Å². The number of hydrogen-bond acceptors (Lipinski definition) is 5. The largest absolute Gasteiger partial charge is 0.538 e. The molecule has 0 saturated carbocycles. The zero-order valence-corrected chi connectivity index (χ0v) is 12.6. The molecule has 0 aromatic carbocycles. The van der Waals surface area contributed by atoms with E-state index in [1.54, 1.807) is 0 Å². The van der Waals surface area contributed by atoms with Crippen LogP contribution in [0, 0.1) is 0 Å². The van der Waals surface area contributed by atoms with Crippen LogP contribution in [0.2, 0.25) is 0 Å². The molecule has 18 heavy (non-hydrogen) atoms. The maximum atomic E-state index is 5.74. The summed E-state index contributed by atoms with van der Waals surface area (Å²) in [6, 6.07) is 0. The molecule has 1 heterocycles. The van der Waals surface area contributed by atoms with Crippen molar-refractivity contribution in [1.29, 1.82) is 0 Å². The molecule has 0 saturated heterocycles. The molecule has 0 fully saturated rings. The minimum absolute atomic E-state index is 0.0429. The smallest absolute Gasteiger partial charge is 0.268 e. The van der Waals surface area contributed by atoms with Crippen LogP contribution in [0.25, 0.3) is 0 Å². The molecule has 0 aliphatic heterocycles. The molecule has 0 spiro atoms. The van der Waals surface area contributed by atoms with Crippen LogP contribution < -0.4 is 14.4 Å². The second-order valence-electron chi connectivity index (χ2n) is 4.98. The molecular weight excluding hydrogens is 249 g/mol. The number of rotatable bonds is 6. The highest BCUT2D eigenvalue weighted by atomic mass is 32.1. The predicted molar refractivity (Wildman–Crippen MR) is 74.2 cm³/mol. The summed E-state index contributed by atoms with van der Waals surface area (Å²) in [4.78, 5) is 4.54. The van der Waals surface area contributed by atoms with Crippen molar-refractivity contribution in [3.63, 3.8) is 0 Å². The maximum absolute atomic E-state index is 5.74. The second-order valence-corrected chi connectivity index (χ2v) is 5.97. The first kappa shape index (κ1) is 15.3. The van der Waals surface area contributed by atoms with Crippen LogP contribution in [0.15, 0.2) is 0 Å². The quantitative estimate of drug-likeness (QED) is 0.586. The number of aromatic nitrogens is 1. The Labute approximate surface area is 114 Å². The summed E-state index contributed by atoms with van der Waals surface area (Å²) >= 11 is 1.27. The fraction of sp³-hybridized carbons (Fsp3) is 0.750. The van der Waals surface area contributed by atoms with E-state index in [0.717, 1.165) is 0 Å². The fourth-order valence-electron chi connectivity index (χ4n) is 1.48. The van der Waals surface area contributed by atoms with E-state index < -0.39 is 5.79 Å². The lowest BCUT2D eigenvalue weighted by Gasteiger charge is -2.28. The van der Waals surface area contributed by atoms with Crippen LogP contribution in [0.3, 0.4) is 0 Å². The van der Waals surface area contributed by atoms with Gasteiger partial charge in [0.2, 0.25) is 10.9 Å². The van der Waals surface area contributed by atoms with Gasteiger partial charge in [-0.25, -0.2) is 0 Å². The van der Waals surface area contributed by atoms with Gasteiger partial charge in [0.25, 0.3) is 5.88 Å². The number of hydrogen-bond donors (Lipinski definition) is 0. The molecule has 0 aliphatic carbocycles. The van der Waals surface area contributed by atoms with Gasteiger partial charge in [-0.15, -0.1) is 11.3 Å². The molecule has 1 aromatic heterocycles. The first-order valence-corrected chi connectivity index (χ1v) is 6.81. The van der Waals surface area contributed by atoms with E-state index in [4.69, 9.17) is 22.1 Å². The molecule has 6 heteroatoms. The van der Waals surface area contributed by atoms with E-state index in [-0.39, 0.29) is 12.2 Å². The van der Waals surface area contributed by atoms with Crippen molar-refractivity contribution in [3.8, 4) is 10.9 Å². The summed E-state index contributed by atoms with van der Waals surface area (Å²) in [6.45, 7) is 11.5. The van der Waals surface area contributed by atoms with Crippen molar-refractivity contribution in [1.82, 2.24) is 4.98 Å². The van der Waals surface area contributed by atoms with E-state index in [9.17, 15) is 0 Å². The molecule has 0 aliphatic rings. The SMILES string of the molecule is [B-]c1nc(OC(C)(C)OC(C)C)c(OC(C)C)s1. The molecule has 0 unspecified atom stereocenters. The van der Waals surface area contributed by atoms with Crippen molar-refractivity contribution in [3.05, 3.63) is 0 Å². The summed E-state index contributed by atoms with van der Waals surface area (Å²) in [5.74, 6) is -0.388. The third kappa shape index (κ3) is 4.86. The zero-order chi connectivity index (χ0) is 13.9. The van der Waals surface area contributed by atoms with Crippen molar-refractivity contribution >= 4 is 24.1 Å². The Bertz CT molecular complexity index is 391. The van der Waals surface area contributed by atoms with Crippen LogP contribution in [0.5, 0.6) is 10.9 Å². The zero-order valence-electron chi connectivity index (χ0n) is 11.8. The highest BCUT2D eigenvalue weighted by molar-refractivity contribution is 7.21. The van der Waals surface area contributed by atoms with E-state index in [2.05, 4.69) is 4.98 Å². The summed E-state index contributed by atoms with van der Waals surface area (Å²) in [6.07, 6.45) is 0.103. The van der Waals surface area contributed by atoms with E-state index in [1.165, 1.54) is 11.3 Å². The van der Waals surface area contributed by atoms with Gasteiger partial charge in [0.1, 0.15) is 0 Å². The normalized spacial score (nSPS) is 12.3. The number of thiazole rings is 1. The average Bonchev–Trinajstić information content (AvgIpc) is 2.41. The van der Waals surface area contributed by atoms with Gasteiger partial charge in [0.05, 0.1) is 12.2 Å². The lowest BCUT2D eigenvalue weighted by Crippen LogP contribution is -2.35. The van der Waals surface area contributed by atoms with Crippen molar-refractivity contribution in [2.75, 3.05) is 0 Å². The van der Waals surface area contributed by atoms with Gasteiger partial charge in [0, 0.05) is 13.8 Å². The Hall–Kier alpha value is -0.745. The van der Waals surface area contributed by atoms with E-state index in [0.29, 0.717) is 15.9 Å². The Morgan fingerprint density at radius 3 is 2.28 bits per heavy atom. The number of nitrogens with zero attached hydrogens (tertiary/aromatic N) is 1. The molecule has 3 radical (unpaired) electrons. The number of ether oxygens (including phenoxy) is 3. The van der Waals surface area contributed by atoms with Crippen LogP contribution in [0.4, 0.5) is 0 Å². The topological polar surface area (TPSA) is 40.6 Å². The third-order valence-corrected chi connectivity index (χ3v) is 2.55. The van der Waals surface area contributed by atoms with Crippen LogP contribution in [-0.2, 0) is 4.74 Å². The molecule has 0 amide bonds. The van der Waals surface area contributed by atoms with Crippen LogP contribution >= 0.6 is 11.3 Å². The molecule has 1 rings (SSSR count). The maximum Gasteiger partial charge on any atom is 0.268 e. The predicted octanol–water partition coefficient (Wildman–Crippen LogP) is 2.26. The highest BCUT2D eigenvalue weighted by Crippen LogP contribution is 2.33. The van der Waals surface area contributed by atoms with Crippen molar-refractivity contribution in [2.24, 2.45) is 0 Å². The second kappa shape index (κ2) is 5.93. The lowest BCUT2D eigenvalue weighted by molar-refractivity contribution is -0.180. The van der Waals surface area contributed by atoms with Gasteiger partial charge in [-0.1, -0.05) is 0 Å². The van der Waals surface area contributed by atoms with Gasteiger partial charge in [-0.3, -0.25) is 4.98 Å². The molecule has 0 bridgehead atoms. The van der Waals surface area contributed by atoms with Crippen LogP contribution in [-0.4, -0.2) is 30.8 Å². The summed E-state index contributed by atoms with van der Waals surface area (Å²) in [5.41, 5.74) is 0. The Kier molecular flexibility index (Phi) is 5.05. The van der Waals surface area contributed by atoms with Crippen LogP contribution in [0.1, 0.15) is 41.5 Å². The summed E-state index contributed by atoms with van der Waals surface area (Å²) < 4.78 is 17.0. The molecule has 0 N–H and O–H groups in total. The van der Waals surface area contributed by atoms with E-state index >= 15 is 0 Å². The minimum atomic E-state index is -0.774. The Morgan fingerprint density at radius 2 is 1.78 bits per heavy atom. The fourth-order valence-corrected chi connectivity index (χ4v) is 2.22. The standard InChI is InChI=1S/C12H20BNO3S/c1-7(2)15-10-9(14-11(13)18-10)17-12(5,6)16-8(3)4/h7-8H,1-6H3/q-1. The van der Waals surface area contributed by atoms with E-state index in [1.807, 2.05) is 41.5 Å². The van der Waals surface area contributed by atoms with Gasteiger partial charge in [-0.2, -0.15) is 4.91 Å².